The molecule has 0 spiro atoms. The molecule has 31 heavy (non-hydrogen) atoms. The number of hydrogen-bond acceptors (Lipinski definition) is 6. The van der Waals surface area contributed by atoms with Gasteiger partial charge in [-0.3, -0.25) is 9.69 Å². The van der Waals surface area contributed by atoms with Crippen molar-refractivity contribution < 1.29 is 13.2 Å². The summed E-state index contributed by atoms with van der Waals surface area (Å²) >= 11 is 0. The van der Waals surface area contributed by atoms with Gasteiger partial charge in [0.05, 0.1) is 18.1 Å². The monoisotopic (exact) mass is 439 g/mol. The lowest BCUT2D eigenvalue weighted by Gasteiger charge is -2.33. The molecule has 1 aliphatic rings. The number of nitrogens with one attached hydrogen (secondary N) is 1. The fourth-order valence-corrected chi connectivity index (χ4v) is 5.03. The molecule has 9 heteroatoms. The van der Waals surface area contributed by atoms with Gasteiger partial charge in [-0.15, -0.1) is 0 Å². The van der Waals surface area contributed by atoms with E-state index in [1.807, 2.05) is 59.5 Å². The second-order valence-corrected chi connectivity index (χ2v) is 9.88. The number of nitrogens with zero attached hydrogens (tertiary/aromatic N) is 4. The first-order valence-electron chi connectivity index (χ1n) is 10.2. The minimum absolute atomic E-state index is 0.0738. The Kier molecular flexibility index (Phi) is 6.43. The average molecular weight is 440 g/mol. The van der Waals surface area contributed by atoms with E-state index >= 15 is 0 Å². The lowest BCUT2D eigenvalue weighted by atomic mass is 10.0. The number of sulfone groups is 1. The van der Waals surface area contributed by atoms with E-state index in [1.54, 1.807) is 11.0 Å². The minimum atomic E-state index is -3.03. The average Bonchev–Trinajstić information content (AvgIpc) is 3.28. The van der Waals surface area contributed by atoms with Crippen molar-refractivity contribution in [2.24, 2.45) is 0 Å². The second kappa shape index (κ2) is 9.40. The van der Waals surface area contributed by atoms with Crippen molar-refractivity contribution in [3.63, 3.8) is 0 Å². The van der Waals surface area contributed by atoms with Crippen molar-refractivity contribution in [2.45, 2.75) is 19.1 Å². The molecule has 0 bridgehead atoms. The summed E-state index contributed by atoms with van der Waals surface area (Å²) in [6.45, 7) is 1.63. The van der Waals surface area contributed by atoms with Crippen molar-refractivity contribution in [1.29, 1.82) is 0 Å². The zero-order valence-electron chi connectivity index (χ0n) is 17.1. The van der Waals surface area contributed by atoms with Gasteiger partial charge in [-0.25, -0.2) is 18.1 Å². The molecule has 1 fully saturated rings. The molecular formula is C22H25N5O3S. The first-order valence-corrected chi connectivity index (χ1v) is 12.0. The molecule has 2 aromatic carbocycles. The van der Waals surface area contributed by atoms with E-state index in [0.29, 0.717) is 26.2 Å². The molecule has 0 aliphatic carbocycles. The maximum absolute atomic E-state index is 13.3. The number of benzene rings is 2. The molecule has 1 atom stereocenters. The van der Waals surface area contributed by atoms with E-state index in [-0.39, 0.29) is 17.4 Å². The fraction of sp³-hybridized carbons (Fsp3) is 0.318. The molecule has 0 radical (unpaired) electrons. The van der Waals surface area contributed by atoms with Crippen molar-refractivity contribution in [3.05, 3.63) is 83.9 Å². The largest absolute Gasteiger partial charge is 0.350 e. The zero-order chi connectivity index (χ0) is 21.7. The predicted octanol–water partition coefficient (Wildman–Crippen LogP) is 1.41. The van der Waals surface area contributed by atoms with Gasteiger partial charge >= 0.3 is 0 Å². The first kappa shape index (κ1) is 21.2. The third kappa shape index (κ3) is 5.36. The molecule has 1 amide bonds. The lowest BCUT2D eigenvalue weighted by Crippen LogP contribution is -2.47. The van der Waals surface area contributed by atoms with Crippen molar-refractivity contribution in [2.75, 3.05) is 24.6 Å². The SMILES string of the molecule is O=C(NCc1ccccc1Cn1cncn1)C(c1ccccc1)N1CCS(=O)(=O)CC1. The van der Waals surface area contributed by atoms with Crippen LogP contribution in [0, 0.1) is 0 Å². The molecule has 8 nitrogen and oxygen atoms in total. The van der Waals surface area contributed by atoms with Gasteiger partial charge in [0.1, 0.15) is 18.7 Å². The van der Waals surface area contributed by atoms with Crippen molar-refractivity contribution in [3.8, 4) is 0 Å². The molecular weight excluding hydrogens is 414 g/mol. The van der Waals surface area contributed by atoms with Crippen LogP contribution in [0.2, 0.25) is 0 Å². The quantitative estimate of drug-likeness (QED) is 0.598. The number of carbonyl (C=O) groups excluding carboxylic acids is 1. The van der Waals surface area contributed by atoms with Crippen molar-refractivity contribution in [1.82, 2.24) is 25.0 Å². The van der Waals surface area contributed by atoms with Crippen LogP contribution in [0.1, 0.15) is 22.7 Å². The standard InChI is InChI=1S/C22H25N5O3S/c28-22(24-14-19-8-4-5-9-20(19)15-27-17-23-16-25-27)21(18-6-2-1-3-7-18)26-10-12-31(29,30)13-11-26/h1-9,16-17,21H,10-15H2,(H,24,28). The maximum atomic E-state index is 13.3. The Bertz CT molecular complexity index is 1100. The summed E-state index contributed by atoms with van der Waals surface area (Å²) < 4.78 is 25.5. The van der Waals surface area contributed by atoms with Crippen LogP contribution in [0.3, 0.4) is 0 Å². The summed E-state index contributed by atoms with van der Waals surface area (Å²) in [4.78, 5) is 19.2. The van der Waals surface area contributed by atoms with Gasteiger partial charge in [-0.2, -0.15) is 5.10 Å². The van der Waals surface area contributed by atoms with Gasteiger partial charge < -0.3 is 5.32 Å². The van der Waals surface area contributed by atoms with Crippen LogP contribution in [0.5, 0.6) is 0 Å². The normalized spacial score (nSPS) is 17.2. The highest BCUT2D eigenvalue weighted by Crippen LogP contribution is 2.23. The first-order chi connectivity index (χ1) is 15.0. The molecule has 1 N–H and O–H groups in total. The highest BCUT2D eigenvalue weighted by atomic mass is 32.2. The summed E-state index contributed by atoms with van der Waals surface area (Å²) in [7, 11) is -3.03. The van der Waals surface area contributed by atoms with Crippen molar-refractivity contribution >= 4 is 15.7 Å². The maximum Gasteiger partial charge on any atom is 0.242 e. The third-order valence-electron chi connectivity index (χ3n) is 5.48. The Morgan fingerprint density at radius 3 is 2.35 bits per heavy atom. The molecule has 1 aliphatic heterocycles. The van der Waals surface area contributed by atoms with Crippen LogP contribution in [0.15, 0.2) is 67.3 Å². The number of aromatic nitrogens is 3. The summed E-state index contributed by atoms with van der Waals surface area (Å²) in [6.07, 6.45) is 3.15. The topological polar surface area (TPSA) is 97.2 Å². The molecule has 162 valence electrons. The van der Waals surface area contributed by atoms with Crippen LogP contribution >= 0.6 is 0 Å². The van der Waals surface area contributed by atoms with Gasteiger partial charge in [0.15, 0.2) is 9.84 Å². The smallest absolute Gasteiger partial charge is 0.242 e. The van der Waals surface area contributed by atoms with E-state index < -0.39 is 15.9 Å². The van der Waals surface area contributed by atoms with Gasteiger partial charge in [0.25, 0.3) is 0 Å². The summed E-state index contributed by atoms with van der Waals surface area (Å²) in [5.41, 5.74) is 2.91. The van der Waals surface area contributed by atoms with E-state index in [9.17, 15) is 13.2 Å². The summed E-state index contributed by atoms with van der Waals surface area (Å²) in [6, 6.07) is 16.9. The fourth-order valence-electron chi connectivity index (χ4n) is 3.80. The molecule has 4 rings (SSSR count). The molecule has 3 aromatic rings. The molecule has 0 saturated carbocycles. The third-order valence-corrected chi connectivity index (χ3v) is 7.09. The molecule has 1 unspecified atom stereocenters. The van der Waals surface area contributed by atoms with Gasteiger partial charge in [0, 0.05) is 19.6 Å². The number of rotatable bonds is 7. The molecule has 2 heterocycles. The van der Waals surface area contributed by atoms with Crippen LogP contribution in [-0.2, 0) is 27.7 Å². The Hall–Kier alpha value is -3.04. The Morgan fingerprint density at radius 1 is 1.00 bits per heavy atom. The zero-order valence-corrected chi connectivity index (χ0v) is 17.9. The Morgan fingerprint density at radius 2 is 1.68 bits per heavy atom. The predicted molar refractivity (Wildman–Crippen MR) is 117 cm³/mol. The number of carbonyl (C=O) groups is 1. The van der Waals surface area contributed by atoms with Gasteiger partial charge in [-0.05, 0) is 16.7 Å². The lowest BCUT2D eigenvalue weighted by molar-refractivity contribution is -0.126. The minimum Gasteiger partial charge on any atom is -0.350 e. The second-order valence-electron chi connectivity index (χ2n) is 7.58. The Labute approximate surface area is 181 Å². The van der Waals surface area contributed by atoms with E-state index in [1.165, 1.54) is 6.33 Å². The molecule has 1 saturated heterocycles. The number of hydrogen-bond donors (Lipinski definition) is 1. The highest BCUT2D eigenvalue weighted by Gasteiger charge is 2.32. The Balaban J connectivity index is 1.50. The highest BCUT2D eigenvalue weighted by molar-refractivity contribution is 7.91. The van der Waals surface area contributed by atoms with Crippen LogP contribution < -0.4 is 5.32 Å². The molecule has 1 aromatic heterocycles. The van der Waals surface area contributed by atoms with Crippen LogP contribution in [-0.4, -0.2) is 58.6 Å². The van der Waals surface area contributed by atoms with E-state index in [2.05, 4.69) is 15.4 Å². The number of amides is 1. The van der Waals surface area contributed by atoms with Gasteiger partial charge in [0.2, 0.25) is 5.91 Å². The van der Waals surface area contributed by atoms with E-state index in [4.69, 9.17) is 0 Å². The van der Waals surface area contributed by atoms with Crippen LogP contribution in [0.4, 0.5) is 0 Å². The van der Waals surface area contributed by atoms with Crippen LogP contribution in [0.25, 0.3) is 0 Å². The van der Waals surface area contributed by atoms with Gasteiger partial charge in [-0.1, -0.05) is 54.6 Å². The summed E-state index contributed by atoms with van der Waals surface area (Å²) in [5, 5.41) is 7.21. The van der Waals surface area contributed by atoms with E-state index in [0.717, 1.165) is 16.7 Å². The summed E-state index contributed by atoms with van der Waals surface area (Å²) in [5.74, 6) is 0.00961.